The first kappa shape index (κ1) is 23.3. The van der Waals surface area contributed by atoms with E-state index in [0.29, 0.717) is 11.3 Å². The maximum atomic E-state index is 13.6. The van der Waals surface area contributed by atoms with Crippen molar-refractivity contribution in [3.63, 3.8) is 0 Å². The summed E-state index contributed by atoms with van der Waals surface area (Å²) in [6.07, 6.45) is 0. The zero-order valence-electron chi connectivity index (χ0n) is 17.9. The number of nitrogens with zero attached hydrogens (tertiary/aromatic N) is 2. The number of para-hydroxylation sites is 2. The molecule has 0 saturated carbocycles. The van der Waals surface area contributed by atoms with Crippen molar-refractivity contribution in [1.29, 1.82) is 0 Å². The van der Waals surface area contributed by atoms with Crippen LogP contribution in [0.25, 0.3) is 0 Å². The molecular formula is C24H25FN2O4S. The van der Waals surface area contributed by atoms with Gasteiger partial charge in [0.05, 0.1) is 17.1 Å². The van der Waals surface area contributed by atoms with E-state index in [1.807, 2.05) is 6.07 Å². The maximum absolute atomic E-state index is 13.6. The Hall–Kier alpha value is -3.39. The third-order valence-electron chi connectivity index (χ3n) is 4.89. The van der Waals surface area contributed by atoms with E-state index in [1.54, 1.807) is 50.4 Å². The molecule has 0 saturated heterocycles. The SMILES string of the molecule is CCN(c1ccccc1)S(=O)(=O)c1ccc(C(=O)N(C)CCOc2ccccc2F)cc1. The topological polar surface area (TPSA) is 66.9 Å². The lowest BCUT2D eigenvalue weighted by molar-refractivity contribution is 0.0773. The van der Waals surface area contributed by atoms with E-state index in [1.165, 1.54) is 45.6 Å². The van der Waals surface area contributed by atoms with Gasteiger partial charge in [0.25, 0.3) is 15.9 Å². The van der Waals surface area contributed by atoms with Crippen molar-refractivity contribution >= 4 is 21.6 Å². The van der Waals surface area contributed by atoms with Crippen molar-refractivity contribution in [3.8, 4) is 5.75 Å². The fraction of sp³-hybridized carbons (Fsp3) is 0.208. The summed E-state index contributed by atoms with van der Waals surface area (Å²) in [7, 11) is -2.16. The van der Waals surface area contributed by atoms with Crippen molar-refractivity contribution in [2.75, 3.05) is 31.0 Å². The van der Waals surface area contributed by atoms with E-state index >= 15 is 0 Å². The third-order valence-corrected chi connectivity index (χ3v) is 6.81. The Morgan fingerprint density at radius 2 is 1.56 bits per heavy atom. The Morgan fingerprint density at radius 1 is 0.938 bits per heavy atom. The Labute approximate surface area is 187 Å². The molecule has 0 aliphatic rings. The number of amides is 1. The van der Waals surface area contributed by atoms with E-state index in [-0.39, 0.29) is 36.2 Å². The van der Waals surface area contributed by atoms with Crippen LogP contribution in [0.2, 0.25) is 0 Å². The average molecular weight is 457 g/mol. The van der Waals surface area contributed by atoms with E-state index in [0.717, 1.165) is 0 Å². The molecule has 0 aromatic heterocycles. The first-order valence-corrected chi connectivity index (χ1v) is 11.6. The molecule has 3 rings (SSSR count). The molecule has 0 N–H and O–H groups in total. The van der Waals surface area contributed by atoms with Gasteiger partial charge in [-0.3, -0.25) is 9.10 Å². The highest BCUT2D eigenvalue weighted by atomic mass is 32.2. The Bertz CT molecular complexity index is 1150. The van der Waals surface area contributed by atoms with Gasteiger partial charge in [-0.15, -0.1) is 0 Å². The molecule has 0 unspecified atom stereocenters. The average Bonchev–Trinajstić information content (AvgIpc) is 2.81. The van der Waals surface area contributed by atoms with Crippen LogP contribution < -0.4 is 9.04 Å². The molecule has 0 radical (unpaired) electrons. The van der Waals surface area contributed by atoms with Crippen molar-refractivity contribution < 1.29 is 22.3 Å². The molecule has 0 fully saturated rings. The molecule has 6 nitrogen and oxygen atoms in total. The first-order chi connectivity index (χ1) is 15.3. The Morgan fingerprint density at radius 3 is 2.19 bits per heavy atom. The summed E-state index contributed by atoms with van der Waals surface area (Å²) in [6.45, 7) is 2.40. The third kappa shape index (κ3) is 5.26. The van der Waals surface area contributed by atoms with Crippen LogP contribution >= 0.6 is 0 Å². The fourth-order valence-electron chi connectivity index (χ4n) is 3.16. The highest BCUT2D eigenvalue weighted by Crippen LogP contribution is 2.23. The smallest absolute Gasteiger partial charge is 0.264 e. The lowest BCUT2D eigenvalue weighted by Crippen LogP contribution is -2.32. The number of carbonyl (C=O) groups is 1. The summed E-state index contributed by atoms with van der Waals surface area (Å²) in [5.41, 5.74) is 0.921. The summed E-state index contributed by atoms with van der Waals surface area (Å²) in [5.74, 6) is -0.627. The van der Waals surface area contributed by atoms with E-state index in [2.05, 4.69) is 0 Å². The monoisotopic (exact) mass is 456 g/mol. The molecule has 3 aromatic rings. The van der Waals surface area contributed by atoms with Crippen LogP contribution in [-0.4, -0.2) is 46.0 Å². The van der Waals surface area contributed by atoms with Crippen LogP contribution in [-0.2, 0) is 10.0 Å². The zero-order valence-corrected chi connectivity index (χ0v) is 18.8. The first-order valence-electron chi connectivity index (χ1n) is 10.1. The van der Waals surface area contributed by atoms with Crippen LogP contribution in [0.5, 0.6) is 5.75 Å². The molecule has 0 aliphatic heterocycles. The number of rotatable bonds is 9. The Kier molecular flexibility index (Phi) is 7.48. The van der Waals surface area contributed by atoms with Gasteiger partial charge in [0, 0.05) is 19.2 Å². The maximum Gasteiger partial charge on any atom is 0.264 e. The number of carbonyl (C=O) groups excluding carboxylic acids is 1. The summed E-state index contributed by atoms with van der Waals surface area (Å²) >= 11 is 0. The van der Waals surface area contributed by atoms with Crippen molar-refractivity contribution in [2.45, 2.75) is 11.8 Å². The van der Waals surface area contributed by atoms with E-state index in [4.69, 9.17) is 4.74 Å². The minimum absolute atomic E-state index is 0.102. The molecule has 3 aromatic carbocycles. The summed E-state index contributed by atoms with van der Waals surface area (Å²) in [6, 6.07) is 20.7. The predicted molar refractivity (Wildman–Crippen MR) is 122 cm³/mol. The quantitative estimate of drug-likeness (QED) is 0.484. The van der Waals surface area contributed by atoms with Gasteiger partial charge < -0.3 is 9.64 Å². The molecular weight excluding hydrogens is 431 g/mol. The number of hydrogen-bond acceptors (Lipinski definition) is 4. The number of anilines is 1. The normalized spacial score (nSPS) is 11.1. The van der Waals surface area contributed by atoms with Gasteiger partial charge in [-0.2, -0.15) is 0 Å². The summed E-state index contributed by atoms with van der Waals surface area (Å²) in [5, 5.41) is 0. The molecule has 0 atom stereocenters. The second kappa shape index (κ2) is 10.3. The lowest BCUT2D eigenvalue weighted by atomic mass is 10.2. The zero-order chi connectivity index (χ0) is 23.1. The summed E-state index contributed by atoms with van der Waals surface area (Å²) in [4.78, 5) is 14.2. The van der Waals surface area contributed by atoms with Crippen LogP contribution in [0, 0.1) is 5.82 Å². The van der Waals surface area contributed by atoms with Gasteiger partial charge in [0.1, 0.15) is 6.61 Å². The van der Waals surface area contributed by atoms with Crippen LogP contribution in [0.4, 0.5) is 10.1 Å². The van der Waals surface area contributed by atoms with Gasteiger partial charge in [-0.1, -0.05) is 30.3 Å². The molecule has 0 spiro atoms. The molecule has 0 heterocycles. The number of benzene rings is 3. The van der Waals surface area contributed by atoms with Crippen LogP contribution in [0.15, 0.2) is 83.8 Å². The number of likely N-dealkylation sites (N-methyl/N-ethyl adjacent to an activating group) is 1. The molecule has 1 amide bonds. The predicted octanol–water partition coefficient (Wildman–Crippen LogP) is 4.19. The Balaban J connectivity index is 1.66. The highest BCUT2D eigenvalue weighted by Gasteiger charge is 2.24. The van der Waals surface area contributed by atoms with Crippen LogP contribution in [0.1, 0.15) is 17.3 Å². The number of hydrogen-bond donors (Lipinski definition) is 0. The second-order valence-electron chi connectivity index (χ2n) is 7.04. The van der Waals surface area contributed by atoms with Crippen LogP contribution in [0.3, 0.4) is 0 Å². The number of sulfonamides is 1. The van der Waals surface area contributed by atoms with Crippen molar-refractivity contribution in [2.24, 2.45) is 0 Å². The lowest BCUT2D eigenvalue weighted by Gasteiger charge is -2.23. The molecule has 0 aliphatic carbocycles. The van der Waals surface area contributed by atoms with Crippen molar-refractivity contribution in [3.05, 3.63) is 90.2 Å². The minimum Gasteiger partial charge on any atom is -0.489 e. The number of ether oxygens (including phenoxy) is 1. The fourth-order valence-corrected chi connectivity index (χ4v) is 4.63. The highest BCUT2D eigenvalue weighted by molar-refractivity contribution is 7.92. The van der Waals surface area contributed by atoms with Crippen molar-refractivity contribution in [1.82, 2.24) is 4.90 Å². The molecule has 168 valence electrons. The molecule has 0 bridgehead atoms. The van der Waals surface area contributed by atoms with E-state index < -0.39 is 15.8 Å². The second-order valence-corrected chi connectivity index (χ2v) is 8.90. The van der Waals surface area contributed by atoms with E-state index in [9.17, 15) is 17.6 Å². The van der Waals surface area contributed by atoms with Gasteiger partial charge >= 0.3 is 0 Å². The largest absolute Gasteiger partial charge is 0.489 e. The van der Waals surface area contributed by atoms with Gasteiger partial charge in [0.2, 0.25) is 0 Å². The van der Waals surface area contributed by atoms with Gasteiger partial charge in [-0.05, 0) is 55.5 Å². The standard InChI is InChI=1S/C24H25FN2O4S/c1-3-27(20-9-5-4-6-10-20)32(29,30)21-15-13-19(14-16-21)24(28)26(2)17-18-31-23-12-8-7-11-22(23)25/h4-16H,3,17-18H2,1-2H3. The van der Waals surface area contributed by atoms with Gasteiger partial charge in [0.15, 0.2) is 11.6 Å². The van der Waals surface area contributed by atoms with Gasteiger partial charge in [-0.25, -0.2) is 12.8 Å². The minimum atomic E-state index is -3.76. The molecule has 8 heteroatoms. The number of halogens is 1. The summed E-state index contributed by atoms with van der Waals surface area (Å²) < 4.78 is 46.4. The molecule has 32 heavy (non-hydrogen) atoms.